The first-order valence-electron chi connectivity index (χ1n) is 10.4. The van der Waals surface area contributed by atoms with Gasteiger partial charge < -0.3 is 13.9 Å². The lowest BCUT2D eigenvalue weighted by Crippen LogP contribution is -2.03. The predicted octanol–water partition coefficient (Wildman–Crippen LogP) is 6.15. The minimum absolute atomic E-state index is 0.356. The van der Waals surface area contributed by atoms with Gasteiger partial charge in [-0.1, -0.05) is 36.4 Å². The number of allylic oxidation sites excluding steroid dienone is 1. The summed E-state index contributed by atoms with van der Waals surface area (Å²) in [6.45, 7) is 0. The van der Waals surface area contributed by atoms with Crippen molar-refractivity contribution in [3.63, 3.8) is 0 Å². The Morgan fingerprint density at radius 3 is 2.65 bits per heavy atom. The predicted molar refractivity (Wildman–Crippen MR) is 134 cm³/mol. The number of hydrogen-bond acceptors (Lipinski definition) is 7. The van der Waals surface area contributed by atoms with E-state index in [1.54, 1.807) is 43.9 Å². The van der Waals surface area contributed by atoms with Crippen LogP contribution in [-0.2, 0) is 0 Å². The van der Waals surface area contributed by atoms with Crippen LogP contribution >= 0.6 is 11.3 Å². The van der Waals surface area contributed by atoms with Gasteiger partial charge in [0.05, 0.1) is 31.1 Å². The Labute approximate surface area is 198 Å². The van der Waals surface area contributed by atoms with Crippen molar-refractivity contribution in [2.24, 2.45) is 0 Å². The summed E-state index contributed by atoms with van der Waals surface area (Å²) in [5.74, 6) is 1.17. The van der Waals surface area contributed by atoms with E-state index in [1.807, 2.05) is 42.5 Å². The van der Waals surface area contributed by atoms with E-state index in [2.05, 4.69) is 11.1 Å². The number of ether oxygens (including phenoxy) is 2. The fourth-order valence-electron chi connectivity index (χ4n) is 3.82. The van der Waals surface area contributed by atoms with Crippen LogP contribution in [0.15, 0.2) is 75.3 Å². The van der Waals surface area contributed by atoms with Crippen LogP contribution in [0.1, 0.15) is 10.6 Å². The summed E-state index contributed by atoms with van der Waals surface area (Å²) in [4.78, 5) is 17.3. The summed E-state index contributed by atoms with van der Waals surface area (Å²) in [6.07, 6.45) is 1.72. The van der Waals surface area contributed by atoms with E-state index in [0.717, 1.165) is 21.7 Å². The Morgan fingerprint density at radius 2 is 1.85 bits per heavy atom. The molecule has 0 radical (unpaired) electrons. The average Bonchev–Trinajstić information content (AvgIpc) is 3.36. The van der Waals surface area contributed by atoms with Gasteiger partial charge in [0.15, 0.2) is 11.5 Å². The lowest BCUT2D eigenvalue weighted by Gasteiger charge is -2.07. The second-order valence-electron chi connectivity index (χ2n) is 7.47. The minimum atomic E-state index is -0.470. The maximum absolute atomic E-state index is 12.7. The average molecular weight is 467 g/mol. The monoisotopic (exact) mass is 466 g/mol. The lowest BCUT2D eigenvalue weighted by molar-refractivity contribution is 0.355. The maximum Gasteiger partial charge on any atom is 0.345 e. The van der Waals surface area contributed by atoms with Gasteiger partial charge in [0, 0.05) is 10.8 Å². The van der Waals surface area contributed by atoms with E-state index in [-0.39, 0.29) is 0 Å². The summed E-state index contributed by atoms with van der Waals surface area (Å²) < 4.78 is 16.2. The van der Waals surface area contributed by atoms with E-state index in [4.69, 9.17) is 13.9 Å². The molecule has 5 aromatic rings. The van der Waals surface area contributed by atoms with Crippen molar-refractivity contribution in [1.82, 2.24) is 4.98 Å². The van der Waals surface area contributed by atoms with Gasteiger partial charge in [0.25, 0.3) is 0 Å². The number of fused-ring (bicyclic) bond motifs is 3. The number of rotatable bonds is 5. The molecule has 0 bridgehead atoms. The van der Waals surface area contributed by atoms with Crippen molar-refractivity contribution in [2.45, 2.75) is 0 Å². The quantitative estimate of drug-likeness (QED) is 0.175. The van der Waals surface area contributed by atoms with Crippen molar-refractivity contribution in [2.75, 3.05) is 14.2 Å². The first-order valence-corrected chi connectivity index (χ1v) is 11.2. The summed E-state index contributed by atoms with van der Waals surface area (Å²) in [6, 6.07) is 21.1. The highest BCUT2D eigenvalue weighted by Crippen LogP contribution is 2.32. The number of aromatic nitrogens is 1. The smallest absolute Gasteiger partial charge is 0.345 e. The zero-order valence-electron chi connectivity index (χ0n) is 18.4. The van der Waals surface area contributed by atoms with Crippen molar-refractivity contribution >= 4 is 44.7 Å². The molecule has 0 aliphatic carbocycles. The molecule has 0 aliphatic heterocycles. The molecular weight excluding hydrogens is 448 g/mol. The number of thiazole rings is 1. The summed E-state index contributed by atoms with van der Waals surface area (Å²) in [5.41, 5.74) is 2.02. The van der Waals surface area contributed by atoms with Gasteiger partial charge in [-0.15, -0.1) is 11.3 Å². The van der Waals surface area contributed by atoms with Gasteiger partial charge in [-0.2, -0.15) is 5.26 Å². The van der Waals surface area contributed by atoms with Crippen LogP contribution in [0.25, 0.3) is 44.6 Å². The van der Waals surface area contributed by atoms with Crippen LogP contribution in [0.4, 0.5) is 0 Å². The van der Waals surface area contributed by atoms with E-state index in [1.165, 1.54) is 11.3 Å². The Morgan fingerprint density at radius 1 is 1.03 bits per heavy atom. The van der Waals surface area contributed by atoms with Crippen molar-refractivity contribution in [3.8, 4) is 28.8 Å². The van der Waals surface area contributed by atoms with Gasteiger partial charge >= 0.3 is 5.63 Å². The molecular formula is C27H18N2O4S. The highest BCUT2D eigenvalue weighted by molar-refractivity contribution is 7.11. The minimum Gasteiger partial charge on any atom is -0.493 e. The highest BCUT2D eigenvalue weighted by atomic mass is 32.1. The molecule has 0 aliphatic rings. The number of methoxy groups -OCH3 is 2. The van der Waals surface area contributed by atoms with Crippen LogP contribution in [0.2, 0.25) is 0 Å². The molecule has 0 N–H and O–H groups in total. The summed E-state index contributed by atoms with van der Waals surface area (Å²) in [7, 11) is 3.12. The fourth-order valence-corrected chi connectivity index (χ4v) is 4.61. The van der Waals surface area contributed by atoms with Gasteiger partial charge in [-0.25, -0.2) is 9.78 Å². The number of nitriles is 1. The van der Waals surface area contributed by atoms with Crippen LogP contribution in [-0.4, -0.2) is 19.2 Å². The van der Waals surface area contributed by atoms with Crippen LogP contribution in [0.5, 0.6) is 11.5 Å². The van der Waals surface area contributed by atoms with Crippen molar-refractivity contribution in [1.29, 1.82) is 5.26 Å². The van der Waals surface area contributed by atoms with Crippen LogP contribution in [0, 0.1) is 11.3 Å². The van der Waals surface area contributed by atoms with Crippen molar-refractivity contribution in [3.05, 3.63) is 87.0 Å². The molecule has 0 spiro atoms. The molecule has 0 atom stereocenters. The van der Waals surface area contributed by atoms with Crippen molar-refractivity contribution < 1.29 is 13.9 Å². The molecule has 0 fully saturated rings. The van der Waals surface area contributed by atoms with Gasteiger partial charge in [0.2, 0.25) is 0 Å². The van der Waals surface area contributed by atoms with Gasteiger partial charge in [0.1, 0.15) is 16.7 Å². The molecule has 5 rings (SSSR count). The van der Waals surface area contributed by atoms with Crippen LogP contribution in [0.3, 0.4) is 0 Å². The van der Waals surface area contributed by atoms with E-state index in [9.17, 15) is 10.1 Å². The highest BCUT2D eigenvalue weighted by Gasteiger charge is 2.15. The standard InChI is InChI=1S/C27H18N2O4S/c1-31-24-9-7-16(12-25(24)32-2)11-18(14-28)26-29-22(15-34-26)21-13-20-19-6-4-3-5-17(19)8-10-23(20)33-27(21)30/h3-13,15H,1-2H3/b18-11+. The molecule has 34 heavy (non-hydrogen) atoms. The third-order valence-electron chi connectivity index (χ3n) is 5.49. The molecule has 166 valence electrons. The molecule has 6 nitrogen and oxygen atoms in total. The Hall–Kier alpha value is -4.41. The fraction of sp³-hybridized carbons (Fsp3) is 0.0741. The molecule has 2 heterocycles. The molecule has 0 saturated carbocycles. The van der Waals surface area contributed by atoms with Gasteiger partial charge in [-0.05, 0) is 46.7 Å². The zero-order valence-corrected chi connectivity index (χ0v) is 19.2. The second kappa shape index (κ2) is 8.85. The Balaban J connectivity index is 1.57. The van der Waals surface area contributed by atoms with Gasteiger partial charge in [-0.3, -0.25) is 0 Å². The van der Waals surface area contributed by atoms with E-state index in [0.29, 0.717) is 38.9 Å². The SMILES string of the molecule is COc1ccc(/C=C(\C#N)c2nc(-c3cc4c(ccc5ccccc54)oc3=O)cs2)cc1OC. The van der Waals surface area contributed by atoms with E-state index < -0.39 is 5.63 Å². The molecule has 0 unspecified atom stereocenters. The molecule has 0 amide bonds. The third-order valence-corrected chi connectivity index (χ3v) is 6.37. The largest absolute Gasteiger partial charge is 0.493 e. The number of benzene rings is 3. The molecule has 3 aromatic carbocycles. The number of hydrogen-bond donors (Lipinski definition) is 0. The lowest BCUT2D eigenvalue weighted by atomic mass is 10.0. The zero-order chi connectivity index (χ0) is 23.7. The first-order chi connectivity index (χ1) is 16.6. The topological polar surface area (TPSA) is 85.4 Å². The Kier molecular flexibility index (Phi) is 5.58. The van der Waals surface area contributed by atoms with Crippen LogP contribution < -0.4 is 15.1 Å². The third kappa shape index (κ3) is 3.81. The summed E-state index contributed by atoms with van der Waals surface area (Å²) >= 11 is 1.29. The molecule has 0 saturated heterocycles. The first kappa shape index (κ1) is 21.4. The normalized spacial score (nSPS) is 11.5. The molecule has 2 aromatic heterocycles. The second-order valence-corrected chi connectivity index (χ2v) is 8.33. The maximum atomic E-state index is 12.7. The summed E-state index contributed by atoms with van der Waals surface area (Å²) in [5, 5.41) is 14.9. The molecule has 7 heteroatoms. The van der Waals surface area contributed by atoms with E-state index >= 15 is 0 Å². The Bertz CT molecular complexity index is 1670. The number of nitrogens with zero attached hydrogens (tertiary/aromatic N) is 2.